The normalized spacial score (nSPS) is 19.4. The van der Waals surface area contributed by atoms with E-state index in [1.54, 1.807) is 0 Å². The lowest BCUT2D eigenvalue weighted by Crippen LogP contribution is -2.43. The molecule has 1 aliphatic heterocycles. The van der Waals surface area contributed by atoms with Crippen molar-refractivity contribution in [1.82, 2.24) is 9.29 Å². The average molecular weight is 259 g/mol. The molecule has 0 bridgehead atoms. The Balaban J connectivity index is 2.28. The third-order valence-corrected chi connectivity index (χ3v) is 4.64. The largest absolute Gasteiger partial charge is 0.328 e. The van der Waals surface area contributed by atoms with E-state index in [0.717, 1.165) is 6.07 Å². The van der Waals surface area contributed by atoms with Gasteiger partial charge in [0.1, 0.15) is 0 Å². The molecule has 1 aromatic heterocycles. The molecule has 0 aromatic carbocycles. The number of sulfonamides is 1. The van der Waals surface area contributed by atoms with Crippen LogP contribution < -0.4 is 5.73 Å². The SMILES string of the molecule is NC1CCN(S(=O)(=O)c2ncccc2F)CC1. The molecule has 0 atom stereocenters. The van der Waals surface area contributed by atoms with Gasteiger partial charge in [-0.15, -0.1) is 0 Å². The number of piperidine rings is 1. The van der Waals surface area contributed by atoms with E-state index >= 15 is 0 Å². The number of hydrogen-bond acceptors (Lipinski definition) is 4. The zero-order valence-corrected chi connectivity index (χ0v) is 10.0. The maximum absolute atomic E-state index is 13.4. The summed E-state index contributed by atoms with van der Waals surface area (Å²) in [4.78, 5) is 3.61. The maximum Gasteiger partial charge on any atom is 0.263 e. The smallest absolute Gasteiger partial charge is 0.263 e. The van der Waals surface area contributed by atoms with Crippen LogP contribution in [-0.2, 0) is 10.0 Å². The first-order chi connectivity index (χ1) is 8.01. The van der Waals surface area contributed by atoms with Gasteiger partial charge in [0.05, 0.1) is 0 Å². The summed E-state index contributed by atoms with van der Waals surface area (Å²) in [5.74, 6) is -0.817. The van der Waals surface area contributed by atoms with Crippen LogP contribution in [0.2, 0.25) is 0 Å². The summed E-state index contributed by atoms with van der Waals surface area (Å²) in [5.41, 5.74) is 5.70. The Kier molecular flexibility index (Phi) is 3.41. The second kappa shape index (κ2) is 4.67. The van der Waals surface area contributed by atoms with Crippen LogP contribution >= 0.6 is 0 Å². The van der Waals surface area contributed by atoms with Gasteiger partial charge in [-0.25, -0.2) is 17.8 Å². The Hall–Kier alpha value is -1.05. The second-order valence-electron chi connectivity index (χ2n) is 4.03. The number of nitrogens with zero attached hydrogens (tertiary/aromatic N) is 2. The zero-order valence-electron chi connectivity index (χ0n) is 9.21. The third kappa shape index (κ3) is 2.46. The second-order valence-corrected chi connectivity index (χ2v) is 5.89. The fourth-order valence-corrected chi connectivity index (χ4v) is 3.24. The standard InChI is InChI=1S/C10H14FN3O2S/c11-9-2-1-5-13-10(9)17(15,16)14-6-3-8(12)4-7-14/h1-2,5,8H,3-4,6-7,12H2. The molecule has 0 radical (unpaired) electrons. The van der Waals surface area contributed by atoms with Gasteiger partial charge in [0.15, 0.2) is 5.82 Å². The molecule has 0 amide bonds. The van der Waals surface area contributed by atoms with Crippen molar-refractivity contribution in [3.63, 3.8) is 0 Å². The lowest BCUT2D eigenvalue weighted by molar-refractivity contribution is 0.317. The quantitative estimate of drug-likeness (QED) is 0.830. The molecule has 94 valence electrons. The van der Waals surface area contributed by atoms with Gasteiger partial charge in [0.25, 0.3) is 10.0 Å². The van der Waals surface area contributed by atoms with Crippen molar-refractivity contribution < 1.29 is 12.8 Å². The van der Waals surface area contributed by atoms with E-state index in [2.05, 4.69) is 4.98 Å². The first-order valence-electron chi connectivity index (χ1n) is 5.38. The highest BCUT2D eigenvalue weighted by molar-refractivity contribution is 7.89. The van der Waals surface area contributed by atoms with Gasteiger partial charge in [-0.2, -0.15) is 4.31 Å². The van der Waals surface area contributed by atoms with Crippen LogP contribution in [0.3, 0.4) is 0 Å². The number of rotatable bonds is 2. The molecular formula is C10H14FN3O2S. The Morgan fingerprint density at radius 1 is 1.41 bits per heavy atom. The number of aromatic nitrogens is 1. The Labute approximate surface area is 99.5 Å². The van der Waals surface area contributed by atoms with Gasteiger partial charge in [-0.05, 0) is 25.0 Å². The summed E-state index contributed by atoms with van der Waals surface area (Å²) in [6.07, 6.45) is 2.45. The number of nitrogens with two attached hydrogens (primary N) is 1. The van der Waals surface area contributed by atoms with E-state index in [4.69, 9.17) is 5.73 Å². The highest BCUT2D eigenvalue weighted by Gasteiger charge is 2.31. The van der Waals surface area contributed by atoms with Crippen molar-refractivity contribution in [2.45, 2.75) is 23.9 Å². The number of pyridine rings is 1. The van der Waals surface area contributed by atoms with E-state index in [9.17, 15) is 12.8 Å². The summed E-state index contributed by atoms with van der Waals surface area (Å²) < 4.78 is 38.9. The summed E-state index contributed by atoms with van der Waals surface area (Å²) in [7, 11) is -3.82. The molecule has 7 heteroatoms. The third-order valence-electron chi connectivity index (χ3n) is 2.81. The molecular weight excluding hydrogens is 245 g/mol. The molecule has 1 fully saturated rings. The molecule has 0 spiro atoms. The van der Waals surface area contributed by atoms with E-state index in [1.807, 2.05) is 0 Å². The van der Waals surface area contributed by atoms with Gasteiger partial charge in [-0.1, -0.05) is 0 Å². The Bertz CT molecular complexity index is 498. The lowest BCUT2D eigenvalue weighted by Gasteiger charge is -2.28. The van der Waals surface area contributed by atoms with Gasteiger partial charge in [0.2, 0.25) is 5.03 Å². The van der Waals surface area contributed by atoms with Gasteiger partial charge in [-0.3, -0.25) is 0 Å². The zero-order chi connectivity index (χ0) is 12.5. The maximum atomic E-state index is 13.4. The molecule has 1 saturated heterocycles. The molecule has 1 aromatic rings. The first-order valence-corrected chi connectivity index (χ1v) is 6.82. The Morgan fingerprint density at radius 3 is 2.65 bits per heavy atom. The van der Waals surface area contributed by atoms with Gasteiger partial charge >= 0.3 is 0 Å². The van der Waals surface area contributed by atoms with Crippen LogP contribution in [0.1, 0.15) is 12.8 Å². The molecule has 1 aliphatic rings. The van der Waals surface area contributed by atoms with Crippen molar-refractivity contribution in [2.75, 3.05) is 13.1 Å². The van der Waals surface area contributed by atoms with Crippen molar-refractivity contribution in [2.24, 2.45) is 5.73 Å². The van der Waals surface area contributed by atoms with E-state index < -0.39 is 20.9 Å². The lowest BCUT2D eigenvalue weighted by atomic mass is 10.1. The molecule has 0 saturated carbocycles. The van der Waals surface area contributed by atoms with E-state index in [0.29, 0.717) is 25.9 Å². The molecule has 2 heterocycles. The fraction of sp³-hybridized carbons (Fsp3) is 0.500. The molecule has 2 rings (SSSR count). The summed E-state index contributed by atoms with van der Waals surface area (Å²) in [5, 5.41) is -0.504. The van der Waals surface area contributed by atoms with Crippen molar-refractivity contribution in [1.29, 1.82) is 0 Å². The van der Waals surface area contributed by atoms with Crippen LogP contribution in [0.25, 0.3) is 0 Å². The highest BCUT2D eigenvalue weighted by atomic mass is 32.2. The minimum Gasteiger partial charge on any atom is -0.328 e. The van der Waals surface area contributed by atoms with Crippen molar-refractivity contribution in [3.8, 4) is 0 Å². The van der Waals surface area contributed by atoms with Gasteiger partial charge < -0.3 is 5.73 Å². The molecule has 0 aliphatic carbocycles. The molecule has 2 N–H and O–H groups in total. The fourth-order valence-electron chi connectivity index (χ4n) is 1.80. The van der Waals surface area contributed by atoms with Crippen LogP contribution in [0.5, 0.6) is 0 Å². The predicted octanol–water partition coefficient (Wildman–Crippen LogP) is 0.333. The first kappa shape index (κ1) is 12.4. The van der Waals surface area contributed by atoms with Crippen LogP contribution in [0.4, 0.5) is 4.39 Å². The van der Waals surface area contributed by atoms with Gasteiger partial charge in [0, 0.05) is 25.3 Å². The van der Waals surface area contributed by atoms with Crippen LogP contribution in [0, 0.1) is 5.82 Å². The van der Waals surface area contributed by atoms with E-state index in [-0.39, 0.29) is 6.04 Å². The summed E-state index contributed by atoms with van der Waals surface area (Å²) >= 11 is 0. The summed E-state index contributed by atoms with van der Waals surface area (Å²) in [6, 6.07) is 2.48. The molecule has 17 heavy (non-hydrogen) atoms. The average Bonchev–Trinajstić information content (AvgIpc) is 2.30. The Morgan fingerprint density at radius 2 is 2.06 bits per heavy atom. The molecule has 5 nitrogen and oxygen atoms in total. The molecule has 0 unspecified atom stereocenters. The monoisotopic (exact) mass is 259 g/mol. The minimum absolute atomic E-state index is 0.0232. The predicted molar refractivity (Wildman–Crippen MR) is 60.2 cm³/mol. The van der Waals surface area contributed by atoms with Crippen molar-refractivity contribution >= 4 is 10.0 Å². The van der Waals surface area contributed by atoms with Crippen LogP contribution in [0.15, 0.2) is 23.4 Å². The minimum atomic E-state index is -3.82. The van der Waals surface area contributed by atoms with E-state index in [1.165, 1.54) is 16.6 Å². The van der Waals surface area contributed by atoms with Crippen LogP contribution in [-0.4, -0.2) is 36.8 Å². The number of halogens is 1. The summed E-state index contributed by atoms with van der Waals surface area (Å²) in [6.45, 7) is 0.638. The van der Waals surface area contributed by atoms with Crippen molar-refractivity contribution in [3.05, 3.63) is 24.1 Å². The highest BCUT2D eigenvalue weighted by Crippen LogP contribution is 2.20. The topological polar surface area (TPSA) is 76.3 Å². The number of hydrogen-bond donors (Lipinski definition) is 1.